The standard InChI is InChI=1S/C10H6Cl2O2S/c1-14-5-3-2-4-6-7(5)8(11)9(15-6)10(12)13/h2-4H,1H3. The minimum Gasteiger partial charge on any atom is -0.496 e. The van der Waals surface area contributed by atoms with Gasteiger partial charge in [-0.25, -0.2) is 0 Å². The number of hydrogen-bond donors (Lipinski definition) is 0. The molecule has 2 nitrogen and oxygen atoms in total. The first-order chi connectivity index (χ1) is 7.15. The fourth-order valence-corrected chi connectivity index (χ4v) is 3.03. The van der Waals surface area contributed by atoms with E-state index in [4.69, 9.17) is 27.9 Å². The van der Waals surface area contributed by atoms with E-state index in [1.54, 1.807) is 13.2 Å². The number of fused-ring (bicyclic) bond motifs is 1. The number of ether oxygens (including phenoxy) is 1. The summed E-state index contributed by atoms with van der Waals surface area (Å²) in [6.07, 6.45) is 0. The third-order valence-electron chi connectivity index (χ3n) is 2.02. The van der Waals surface area contributed by atoms with E-state index in [0.29, 0.717) is 15.6 Å². The van der Waals surface area contributed by atoms with Gasteiger partial charge >= 0.3 is 0 Å². The molecule has 0 unspecified atom stereocenters. The first kappa shape index (κ1) is 10.7. The van der Waals surface area contributed by atoms with Crippen molar-refractivity contribution in [1.29, 1.82) is 0 Å². The molecule has 0 saturated heterocycles. The van der Waals surface area contributed by atoms with E-state index in [0.717, 1.165) is 10.1 Å². The van der Waals surface area contributed by atoms with Crippen LogP contribution in [0.2, 0.25) is 5.02 Å². The summed E-state index contributed by atoms with van der Waals surface area (Å²) in [4.78, 5) is 11.4. The summed E-state index contributed by atoms with van der Waals surface area (Å²) in [6, 6.07) is 5.51. The number of methoxy groups -OCH3 is 1. The molecule has 15 heavy (non-hydrogen) atoms. The number of carbonyl (C=O) groups is 1. The Morgan fingerprint density at radius 3 is 2.80 bits per heavy atom. The normalized spacial score (nSPS) is 10.6. The van der Waals surface area contributed by atoms with E-state index >= 15 is 0 Å². The lowest BCUT2D eigenvalue weighted by atomic mass is 10.2. The van der Waals surface area contributed by atoms with Crippen LogP contribution < -0.4 is 4.74 Å². The minimum absolute atomic E-state index is 0.359. The van der Waals surface area contributed by atoms with Crippen molar-refractivity contribution in [2.45, 2.75) is 0 Å². The van der Waals surface area contributed by atoms with Gasteiger partial charge in [-0.15, -0.1) is 11.3 Å². The molecule has 0 saturated carbocycles. The molecule has 5 heteroatoms. The zero-order valence-electron chi connectivity index (χ0n) is 7.71. The highest BCUT2D eigenvalue weighted by molar-refractivity contribution is 7.23. The molecule has 0 fully saturated rings. The van der Waals surface area contributed by atoms with Gasteiger partial charge in [0, 0.05) is 4.70 Å². The van der Waals surface area contributed by atoms with Gasteiger partial charge in [0.05, 0.1) is 17.5 Å². The average molecular weight is 261 g/mol. The third kappa shape index (κ3) is 1.71. The van der Waals surface area contributed by atoms with Gasteiger partial charge in [-0.3, -0.25) is 4.79 Å². The summed E-state index contributed by atoms with van der Waals surface area (Å²) in [5.41, 5.74) is 0. The van der Waals surface area contributed by atoms with Crippen molar-refractivity contribution in [2.75, 3.05) is 7.11 Å². The molecule has 0 amide bonds. The van der Waals surface area contributed by atoms with Crippen molar-refractivity contribution in [2.24, 2.45) is 0 Å². The maximum atomic E-state index is 11.1. The molecule has 0 aliphatic carbocycles. The highest BCUT2D eigenvalue weighted by Gasteiger charge is 2.17. The van der Waals surface area contributed by atoms with Crippen LogP contribution in [0.25, 0.3) is 10.1 Å². The molecule has 1 aromatic carbocycles. The summed E-state index contributed by atoms with van der Waals surface area (Å²) in [5.74, 6) is 0.651. The SMILES string of the molecule is COc1cccc2sc(C(=O)Cl)c(Cl)c12. The van der Waals surface area contributed by atoms with Crippen LogP contribution in [0.4, 0.5) is 0 Å². The second kappa shape index (κ2) is 4.00. The van der Waals surface area contributed by atoms with Crippen LogP contribution in [0.3, 0.4) is 0 Å². The number of benzene rings is 1. The molecule has 0 atom stereocenters. The molecule has 78 valence electrons. The Labute approximate surface area is 100 Å². The molecule has 0 aliphatic rings. The summed E-state index contributed by atoms with van der Waals surface area (Å²) in [7, 11) is 1.56. The average Bonchev–Trinajstić information content (AvgIpc) is 2.56. The molecule has 0 radical (unpaired) electrons. The molecule has 0 N–H and O–H groups in total. The van der Waals surface area contributed by atoms with Crippen LogP contribution in [0.5, 0.6) is 5.75 Å². The van der Waals surface area contributed by atoms with Gasteiger partial charge in [0.1, 0.15) is 10.6 Å². The van der Waals surface area contributed by atoms with Gasteiger partial charge in [-0.1, -0.05) is 17.7 Å². The van der Waals surface area contributed by atoms with E-state index in [9.17, 15) is 4.79 Å². The quantitative estimate of drug-likeness (QED) is 0.765. The van der Waals surface area contributed by atoms with Gasteiger partial charge in [0.25, 0.3) is 5.24 Å². The Bertz CT molecular complexity index is 533. The number of rotatable bonds is 2. The van der Waals surface area contributed by atoms with E-state index in [-0.39, 0.29) is 0 Å². The van der Waals surface area contributed by atoms with Crippen LogP contribution >= 0.6 is 34.5 Å². The smallest absolute Gasteiger partial charge is 0.263 e. The lowest BCUT2D eigenvalue weighted by Crippen LogP contribution is -1.84. The maximum Gasteiger partial charge on any atom is 0.263 e. The fourth-order valence-electron chi connectivity index (χ4n) is 1.38. The van der Waals surface area contributed by atoms with Crippen LogP contribution in [0.15, 0.2) is 18.2 Å². The van der Waals surface area contributed by atoms with E-state index < -0.39 is 5.24 Å². The van der Waals surface area contributed by atoms with Crippen molar-refractivity contribution in [3.05, 3.63) is 28.1 Å². The molecule has 2 aromatic rings. The highest BCUT2D eigenvalue weighted by Crippen LogP contribution is 2.41. The predicted molar refractivity (Wildman–Crippen MR) is 63.6 cm³/mol. The molecule has 0 bridgehead atoms. The van der Waals surface area contributed by atoms with Crippen LogP contribution in [-0.2, 0) is 0 Å². The summed E-state index contributed by atoms with van der Waals surface area (Å²) in [6.45, 7) is 0. The summed E-state index contributed by atoms with van der Waals surface area (Å²) in [5, 5.41) is 0.575. The Balaban J connectivity index is 2.82. The Kier molecular flexibility index (Phi) is 2.87. The molecule has 0 aliphatic heterocycles. The van der Waals surface area contributed by atoms with Crippen LogP contribution in [-0.4, -0.2) is 12.4 Å². The van der Waals surface area contributed by atoms with Crippen LogP contribution in [0, 0.1) is 0 Å². The lowest BCUT2D eigenvalue weighted by Gasteiger charge is -2.00. The van der Waals surface area contributed by atoms with E-state index in [2.05, 4.69) is 0 Å². The van der Waals surface area contributed by atoms with Gasteiger partial charge in [0.15, 0.2) is 0 Å². The molecule has 0 spiro atoms. The maximum absolute atomic E-state index is 11.1. The lowest BCUT2D eigenvalue weighted by molar-refractivity contribution is 0.108. The van der Waals surface area contributed by atoms with Gasteiger partial charge in [-0.2, -0.15) is 0 Å². The van der Waals surface area contributed by atoms with E-state index in [1.807, 2.05) is 12.1 Å². The predicted octanol–water partition coefficient (Wildman–Crippen LogP) is 3.94. The number of thiophene rings is 1. The fraction of sp³-hybridized carbons (Fsp3) is 0.100. The zero-order valence-corrected chi connectivity index (χ0v) is 10.0. The topological polar surface area (TPSA) is 26.3 Å². The summed E-state index contributed by atoms with van der Waals surface area (Å²) < 4.78 is 6.06. The van der Waals surface area contributed by atoms with Crippen molar-refractivity contribution in [1.82, 2.24) is 0 Å². The minimum atomic E-state index is -0.539. The Morgan fingerprint density at radius 1 is 1.47 bits per heavy atom. The van der Waals surface area contributed by atoms with Gasteiger partial charge in [0.2, 0.25) is 0 Å². The second-order valence-corrected chi connectivity index (χ2v) is 4.63. The molecular weight excluding hydrogens is 255 g/mol. The number of hydrogen-bond acceptors (Lipinski definition) is 3. The van der Waals surface area contributed by atoms with E-state index in [1.165, 1.54) is 11.3 Å². The summed E-state index contributed by atoms with van der Waals surface area (Å²) >= 11 is 12.8. The second-order valence-electron chi connectivity index (χ2n) is 2.85. The van der Waals surface area contributed by atoms with Crippen molar-refractivity contribution >= 4 is 49.9 Å². The van der Waals surface area contributed by atoms with Gasteiger partial charge < -0.3 is 4.74 Å². The van der Waals surface area contributed by atoms with Gasteiger partial charge in [-0.05, 0) is 23.7 Å². The molecular formula is C10H6Cl2O2S. The van der Waals surface area contributed by atoms with Crippen molar-refractivity contribution in [3.8, 4) is 5.75 Å². The first-order valence-electron chi connectivity index (χ1n) is 4.10. The molecule has 1 aromatic heterocycles. The monoisotopic (exact) mass is 260 g/mol. The molecule has 2 rings (SSSR count). The highest BCUT2D eigenvalue weighted by atomic mass is 35.5. The molecule has 1 heterocycles. The van der Waals surface area contributed by atoms with Crippen LogP contribution in [0.1, 0.15) is 9.67 Å². The third-order valence-corrected chi connectivity index (χ3v) is 3.96. The first-order valence-corrected chi connectivity index (χ1v) is 5.67. The largest absolute Gasteiger partial charge is 0.496 e. The van der Waals surface area contributed by atoms with Crippen molar-refractivity contribution < 1.29 is 9.53 Å². The number of halogens is 2. The number of carbonyl (C=O) groups excluding carboxylic acids is 1. The van der Waals surface area contributed by atoms with Crippen molar-refractivity contribution in [3.63, 3.8) is 0 Å². The zero-order chi connectivity index (χ0) is 11.0. The Hall–Kier alpha value is -0.770. The Morgan fingerprint density at radius 2 is 2.20 bits per heavy atom.